The van der Waals surface area contributed by atoms with Crippen LogP contribution in [-0.4, -0.2) is 43.2 Å². The average molecular weight is 605 g/mol. The van der Waals surface area contributed by atoms with Gasteiger partial charge in [0.15, 0.2) is 11.6 Å². The topological polar surface area (TPSA) is 119 Å². The summed E-state index contributed by atoms with van der Waals surface area (Å²) in [5.41, 5.74) is 2.01. The lowest BCUT2D eigenvalue weighted by Gasteiger charge is -2.14. The third kappa shape index (κ3) is 7.41. The maximum absolute atomic E-state index is 13.5. The number of nitrogens with one attached hydrogen (secondary N) is 2. The summed E-state index contributed by atoms with van der Waals surface area (Å²) < 4.78 is 60.9. The average Bonchev–Trinajstić information content (AvgIpc) is 3.50. The summed E-state index contributed by atoms with van der Waals surface area (Å²) in [5, 5.41) is 8.81. The van der Waals surface area contributed by atoms with Gasteiger partial charge in [0.1, 0.15) is 5.75 Å². The Balaban J connectivity index is 1.26. The van der Waals surface area contributed by atoms with E-state index in [0.29, 0.717) is 25.1 Å². The van der Waals surface area contributed by atoms with Crippen molar-refractivity contribution in [3.05, 3.63) is 126 Å². The summed E-state index contributed by atoms with van der Waals surface area (Å²) in [5.74, 6) is -4.09. The van der Waals surface area contributed by atoms with Gasteiger partial charge in [0.25, 0.3) is 21.8 Å². The van der Waals surface area contributed by atoms with Crippen molar-refractivity contribution in [3.63, 3.8) is 0 Å². The number of benzene rings is 4. The first-order valence-corrected chi connectivity index (χ1v) is 14.7. The van der Waals surface area contributed by atoms with Crippen molar-refractivity contribution in [3.8, 4) is 5.75 Å². The summed E-state index contributed by atoms with van der Waals surface area (Å²) in [6.07, 6.45) is 4.02. The zero-order valence-corrected chi connectivity index (χ0v) is 23.5. The Bertz CT molecular complexity index is 1900. The van der Waals surface area contributed by atoms with Crippen molar-refractivity contribution in [1.29, 1.82) is 0 Å². The molecule has 1 heterocycles. The largest absolute Gasteiger partial charge is 0.492 e. The molecule has 0 aliphatic carbocycles. The summed E-state index contributed by atoms with van der Waals surface area (Å²) in [6.45, 7) is -0.00963. The van der Waals surface area contributed by atoms with Crippen molar-refractivity contribution in [2.24, 2.45) is 0 Å². The Morgan fingerprint density at radius 2 is 1.65 bits per heavy atom. The highest BCUT2D eigenvalue weighted by Gasteiger charge is 2.21. The van der Waals surface area contributed by atoms with Gasteiger partial charge in [-0.1, -0.05) is 48.5 Å². The highest BCUT2D eigenvalue weighted by atomic mass is 32.2. The highest BCUT2D eigenvalue weighted by Crippen LogP contribution is 2.23. The molecule has 0 fully saturated rings. The van der Waals surface area contributed by atoms with Gasteiger partial charge in [-0.15, -0.1) is 0 Å². The third-order valence-electron chi connectivity index (χ3n) is 6.52. The van der Waals surface area contributed by atoms with Crippen LogP contribution in [0.2, 0.25) is 0 Å². The molecule has 0 aliphatic heterocycles. The second-order valence-electron chi connectivity index (χ2n) is 9.60. The van der Waals surface area contributed by atoms with Gasteiger partial charge < -0.3 is 10.1 Å². The number of carbonyl (C=O) groups is 2. The second-order valence-corrected chi connectivity index (χ2v) is 11.3. The number of carbonyl (C=O) groups excluding carboxylic acids is 2. The van der Waals surface area contributed by atoms with Gasteiger partial charge in [0.2, 0.25) is 0 Å². The van der Waals surface area contributed by atoms with Gasteiger partial charge in [-0.05, 0) is 58.3 Å². The zero-order chi connectivity index (χ0) is 30.4. The van der Waals surface area contributed by atoms with Crippen LogP contribution in [0.1, 0.15) is 21.5 Å². The zero-order valence-electron chi connectivity index (χ0n) is 22.7. The lowest BCUT2D eigenvalue weighted by Crippen LogP contribution is -2.39. The molecule has 43 heavy (non-hydrogen) atoms. The fourth-order valence-corrected chi connectivity index (χ4v) is 5.37. The van der Waals surface area contributed by atoms with Crippen molar-refractivity contribution in [1.82, 2.24) is 19.8 Å². The van der Waals surface area contributed by atoms with Gasteiger partial charge in [-0.3, -0.25) is 14.3 Å². The molecule has 2 amide bonds. The highest BCUT2D eigenvalue weighted by molar-refractivity contribution is 7.90. The molecule has 220 valence electrons. The monoisotopic (exact) mass is 604 g/mol. The number of ether oxygens (including phenoxy) is 1. The number of hydrogen-bond donors (Lipinski definition) is 2. The molecule has 0 bridgehead atoms. The molecule has 0 unspecified atom stereocenters. The minimum absolute atomic E-state index is 0.138. The van der Waals surface area contributed by atoms with E-state index >= 15 is 0 Å². The smallest absolute Gasteiger partial charge is 0.264 e. The van der Waals surface area contributed by atoms with Crippen LogP contribution >= 0.6 is 0 Å². The number of hydrogen-bond acceptors (Lipinski definition) is 6. The number of rotatable bonds is 11. The Hall–Kier alpha value is -5.10. The molecule has 1 aromatic heterocycles. The second kappa shape index (κ2) is 12.8. The molecular formula is C31H26F2N4O5S. The van der Waals surface area contributed by atoms with Gasteiger partial charge >= 0.3 is 0 Å². The van der Waals surface area contributed by atoms with Gasteiger partial charge in [-0.2, -0.15) is 5.10 Å². The van der Waals surface area contributed by atoms with Crippen molar-refractivity contribution < 1.29 is 31.5 Å². The number of aromatic nitrogens is 2. The molecular weight excluding hydrogens is 578 g/mol. The molecule has 5 aromatic rings. The Kier molecular flexibility index (Phi) is 8.77. The van der Waals surface area contributed by atoms with E-state index in [1.165, 1.54) is 0 Å². The fourth-order valence-electron chi connectivity index (χ4n) is 4.37. The molecule has 0 radical (unpaired) electrons. The van der Waals surface area contributed by atoms with E-state index in [1.54, 1.807) is 46.1 Å². The number of fused-ring (bicyclic) bond motifs is 1. The standard InChI is InChI=1S/C31H26F2N4O5S/c32-27-11-9-25(18-28(27)33)43(40,41)36-30(38)19-34-31(39)26-10-7-22(20-37-14-3-13-35-37)17-29(26)42-15-12-21-6-8-23-4-1-2-5-24(23)16-21/h1-11,13-14,16-18H,12,15,19-20H2,(H,34,39)(H,36,38). The van der Waals surface area contributed by atoms with E-state index in [0.717, 1.165) is 28.0 Å². The molecule has 0 atom stereocenters. The van der Waals surface area contributed by atoms with Gasteiger partial charge in [0, 0.05) is 18.8 Å². The van der Waals surface area contributed by atoms with Crippen LogP contribution < -0.4 is 14.8 Å². The number of amides is 2. The van der Waals surface area contributed by atoms with E-state index in [4.69, 9.17) is 4.74 Å². The Morgan fingerprint density at radius 3 is 2.42 bits per heavy atom. The van der Waals surface area contributed by atoms with E-state index in [9.17, 15) is 26.8 Å². The first-order valence-electron chi connectivity index (χ1n) is 13.2. The molecule has 0 spiro atoms. The van der Waals surface area contributed by atoms with Crippen LogP contribution in [0.5, 0.6) is 5.75 Å². The fraction of sp³-hybridized carbons (Fsp3) is 0.129. The summed E-state index contributed by atoms with van der Waals surface area (Å²) in [4.78, 5) is 24.8. The maximum Gasteiger partial charge on any atom is 0.264 e. The molecule has 2 N–H and O–H groups in total. The number of nitrogens with zero attached hydrogens (tertiary/aromatic N) is 2. The maximum atomic E-state index is 13.5. The molecule has 12 heteroatoms. The van der Waals surface area contributed by atoms with Crippen molar-refractivity contribution in [2.75, 3.05) is 13.2 Å². The van der Waals surface area contributed by atoms with Crippen molar-refractivity contribution in [2.45, 2.75) is 17.9 Å². The van der Waals surface area contributed by atoms with Crippen LogP contribution in [0.3, 0.4) is 0 Å². The summed E-state index contributed by atoms with van der Waals surface area (Å²) in [6, 6.07) is 22.8. The van der Waals surface area contributed by atoms with E-state index < -0.39 is 44.9 Å². The summed E-state index contributed by atoms with van der Waals surface area (Å²) in [7, 11) is -4.49. The first kappa shape index (κ1) is 29.4. The number of halogens is 2. The van der Waals surface area contributed by atoms with Crippen LogP contribution in [0.15, 0.2) is 102 Å². The molecule has 4 aromatic carbocycles. The van der Waals surface area contributed by atoms with Crippen LogP contribution in [0, 0.1) is 11.6 Å². The van der Waals surface area contributed by atoms with E-state index in [1.807, 2.05) is 36.4 Å². The van der Waals surface area contributed by atoms with Gasteiger partial charge in [0.05, 0.1) is 30.2 Å². The predicted molar refractivity (Wildman–Crippen MR) is 155 cm³/mol. The summed E-state index contributed by atoms with van der Waals surface area (Å²) >= 11 is 0. The lowest BCUT2D eigenvalue weighted by molar-refractivity contribution is -0.118. The van der Waals surface area contributed by atoms with Crippen LogP contribution in [0.25, 0.3) is 10.8 Å². The molecule has 0 saturated heterocycles. The molecule has 0 saturated carbocycles. The van der Waals surface area contributed by atoms with Crippen LogP contribution in [0.4, 0.5) is 8.78 Å². The Morgan fingerprint density at radius 1 is 0.860 bits per heavy atom. The molecule has 5 rings (SSSR count). The minimum atomic E-state index is -4.49. The number of sulfonamides is 1. The Labute approximate surface area is 246 Å². The van der Waals surface area contributed by atoms with Crippen LogP contribution in [-0.2, 0) is 27.8 Å². The SMILES string of the molecule is O=C(CNC(=O)c1ccc(Cn2cccn2)cc1OCCc1ccc2ccccc2c1)NS(=O)(=O)c1ccc(F)c(F)c1. The van der Waals surface area contributed by atoms with E-state index in [2.05, 4.69) is 16.5 Å². The van der Waals surface area contributed by atoms with Gasteiger partial charge in [-0.25, -0.2) is 21.9 Å². The lowest BCUT2D eigenvalue weighted by atomic mass is 10.1. The predicted octanol–water partition coefficient (Wildman–Crippen LogP) is 4.22. The molecule has 0 aliphatic rings. The third-order valence-corrected chi connectivity index (χ3v) is 7.89. The van der Waals surface area contributed by atoms with E-state index in [-0.39, 0.29) is 17.9 Å². The minimum Gasteiger partial charge on any atom is -0.492 e. The quantitative estimate of drug-likeness (QED) is 0.233. The molecule has 9 nitrogen and oxygen atoms in total. The van der Waals surface area contributed by atoms with Crippen molar-refractivity contribution >= 4 is 32.6 Å². The normalized spacial score (nSPS) is 11.3. The first-order chi connectivity index (χ1) is 20.7.